The van der Waals surface area contributed by atoms with E-state index < -0.39 is 0 Å². The zero-order valence-corrected chi connectivity index (χ0v) is 13.3. The van der Waals surface area contributed by atoms with Crippen LogP contribution in [0.2, 0.25) is 0 Å². The highest BCUT2D eigenvalue weighted by Gasteiger charge is 2.29. The van der Waals surface area contributed by atoms with Crippen molar-refractivity contribution in [1.82, 2.24) is 15.0 Å². The monoisotopic (exact) mass is 327 g/mol. The summed E-state index contributed by atoms with van der Waals surface area (Å²) < 4.78 is 24.7. The summed E-state index contributed by atoms with van der Waals surface area (Å²) in [6, 6.07) is 6.53. The number of imidazole rings is 1. The normalized spacial score (nSPS) is 17.3. The molecule has 2 heterocycles. The zero-order valence-electron chi connectivity index (χ0n) is 12.5. The Morgan fingerprint density at radius 3 is 3.04 bits per heavy atom. The van der Waals surface area contributed by atoms with Gasteiger partial charge in [-0.1, -0.05) is 0 Å². The lowest BCUT2D eigenvalue weighted by Gasteiger charge is -2.23. The Morgan fingerprint density at radius 2 is 2.22 bits per heavy atom. The van der Waals surface area contributed by atoms with Gasteiger partial charge in [-0.3, -0.25) is 4.98 Å². The molecule has 0 fully saturated rings. The third kappa shape index (κ3) is 2.39. The number of aromatic nitrogens is 3. The van der Waals surface area contributed by atoms with Gasteiger partial charge in [0.15, 0.2) is 0 Å². The lowest BCUT2D eigenvalue weighted by atomic mass is 9.85. The molecular weight excluding hydrogens is 313 g/mol. The molecule has 2 aromatic heterocycles. The summed E-state index contributed by atoms with van der Waals surface area (Å²) in [5, 5.41) is 0. The molecule has 1 atom stereocenters. The van der Waals surface area contributed by atoms with Crippen LogP contribution >= 0.6 is 0 Å². The molecule has 4 rings (SSSR count). The summed E-state index contributed by atoms with van der Waals surface area (Å²) in [7, 11) is 0. The highest BCUT2D eigenvalue weighted by atomic mass is 32.1. The van der Waals surface area contributed by atoms with Crippen molar-refractivity contribution in [2.75, 3.05) is 0 Å². The molecule has 1 aliphatic carbocycles. The quantitative estimate of drug-likeness (QED) is 0.699. The molecule has 116 valence electrons. The first kappa shape index (κ1) is 14.3. The largest absolute Gasteiger partial charge is 0.341 e. The number of rotatable bonds is 1. The molecule has 3 aromatic rings. The van der Waals surface area contributed by atoms with Crippen molar-refractivity contribution in [2.45, 2.75) is 25.7 Å². The van der Waals surface area contributed by atoms with Crippen LogP contribution in [0, 0.1) is 12.7 Å². The number of nitrogens with zero attached hydrogens (tertiary/aromatic N) is 2. The van der Waals surface area contributed by atoms with Gasteiger partial charge >= 0.3 is 0 Å². The summed E-state index contributed by atoms with van der Waals surface area (Å²) in [6.07, 6.45) is 3.30. The van der Waals surface area contributed by atoms with Crippen molar-refractivity contribution < 1.29 is 8.60 Å². The number of hydrogen-bond acceptors (Lipinski definition) is 3. The van der Waals surface area contributed by atoms with E-state index in [0.717, 1.165) is 39.4 Å². The van der Waals surface area contributed by atoms with Crippen molar-refractivity contribution in [3.8, 4) is 0 Å². The van der Waals surface area contributed by atoms with Gasteiger partial charge in [-0.25, -0.2) is 13.6 Å². The smallest absolute Gasteiger partial charge is 0.125 e. The third-order valence-corrected chi connectivity index (χ3v) is 4.86. The Labute approximate surface area is 135 Å². The van der Waals surface area contributed by atoms with Gasteiger partial charge < -0.3 is 4.98 Å². The topological polar surface area (TPSA) is 58.6 Å². The summed E-state index contributed by atoms with van der Waals surface area (Å²) in [5.74, 6) is 0.485. The number of fused-ring (bicyclic) bond motifs is 2. The molecular formula is C17H14FN3OS. The highest BCUT2D eigenvalue weighted by molar-refractivity contribution is 7.67. The highest BCUT2D eigenvalue weighted by Crippen LogP contribution is 2.35. The Kier molecular flexibility index (Phi) is 3.34. The van der Waals surface area contributed by atoms with E-state index in [2.05, 4.69) is 15.0 Å². The number of aromatic amines is 1. The van der Waals surface area contributed by atoms with Gasteiger partial charge in [-0.15, -0.1) is 0 Å². The maximum atomic E-state index is 13.4. The minimum Gasteiger partial charge on any atom is -0.341 e. The first-order valence-electron chi connectivity index (χ1n) is 7.43. The Morgan fingerprint density at radius 1 is 1.35 bits per heavy atom. The molecule has 4 nitrogen and oxygen atoms in total. The van der Waals surface area contributed by atoms with Crippen LogP contribution in [0.4, 0.5) is 4.39 Å². The number of halogens is 1. The summed E-state index contributed by atoms with van der Waals surface area (Å²) in [6.45, 7) is 1.97. The van der Waals surface area contributed by atoms with E-state index in [1.165, 1.54) is 12.1 Å². The van der Waals surface area contributed by atoms with E-state index in [-0.39, 0.29) is 11.7 Å². The van der Waals surface area contributed by atoms with Crippen molar-refractivity contribution in [3.63, 3.8) is 0 Å². The summed E-state index contributed by atoms with van der Waals surface area (Å²) in [4.78, 5) is 13.2. The second-order valence-electron chi connectivity index (χ2n) is 5.83. The average Bonchev–Trinajstić information content (AvgIpc) is 2.96. The lowest BCUT2D eigenvalue weighted by Crippen LogP contribution is -2.20. The van der Waals surface area contributed by atoms with Gasteiger partial charge in [0.25, 0.3) is 0 Å². The number of pyridine rings is 1. The number of hydrogen-bond donors (Lipinski definition) is 1. The molecule has 1 N–H and O–H groups in total. The predicted molar refractivity (Wildman–Crippen MR) is 88.4 cm³/mol. The van der Waals surface area contributed by atoms with Gasteiger partial charge in [0.1, 0.15) is 11.6 Å². The maximum absolute atomic E-state index is 13.4. The van der Waals surface area contributed by atoms with Crippen molar-refractivity contribution in [3.05, 3.63) is 58.9 Å². The van der Waals surface area contributed by atoms with Crippen LogP contribution < -0.4 is 0 Å². The number of nitrogens with one attached hydrogen (secondary N) is 1. The molecule has 0 amide bonds. The van der Waals surface area contributed by atoms with E-state index in [0.29, 0.717) is 23.2 Å². The van der Waals surface area contributed by atoms with E-state index in [4.69, 9.17) is 0 Å². The van der Waals surface area contributed by atoms with Crippen LogP contribution in [0.15, 0.2) is 30.5 Å². The van der Waals surface area contributed by atoms with Gasteiger partial charge in [0, 0.05) is 11.8 Å². The Hall–Kier alpha value is -2.34. The van der Waals surface area contributed by atoms with Crippen LogP contribution in [0.5, 0.6) is 0 Å². The molecule has 0 saturated heterocycles. The minimum atomic E-state index is -0.288. The summed E-state index contributed by atoms with van der Waals surface area (Å²) >= 11 is 0.548. The van der Waals surface area contributed by atoms with Gasteiger partial charge in [0.05, 0.1) is 38.8 Å². The Bertz CT molecular complexity index is 975. The second-order valence-corrected chi connectivity index (χ2v) is 6.49. The standard InChI is InChI=1S/C17H14FN3OS/c1-9-6-12-15(23-22)5-3-11(16(12)19-8-9)17-20-13-4-2-10(18)7-14(13)21-17/h2,4,6-8,11H,3,5H2,1H3,(H,20,21). The van der Waals surface area contributed by atoms with E-state index in [1.54, 1.807) is 6.07 Å². The fourth-order valence-electron chi connectivity index (χ4n) is 3.15. The molecule has 0 spiro atoms. The van der Waals surface area contributed by atoms with Crippen LogP contribution in [0.1, 0.15) is 41.4 Å². The second kappa shape index (κ2) is 5.38. The molecule has 0 bridgehead atoms. The number of H-pyrrole nitrogens is 1. The van der Waals surface area contributed by atoms with E-state index >= 15 is 0 Å². The zero-order chi connectivity index (χ0) is 16.0. The maximum Gasteiger partial charge on any atom is 0.125 e. The van der Waals surface area contributed by atoms with Crippen LogP contribution in [-0.4, -0.2) is 24.0 Å². The first-order valence-corrected chi connectivity index (χ1v) is 8.17. The van der Waals surface area contributed by atoms with Crippen molar-refractivity contribution in [1.29, 1.82) is 0 Å². The third-order valence-electron chi connectivity index (χ3n) is 4.24. The van der Waals surface area contributed by atoms with Gasteiger partial charge in [0.2, 0.25) is 0 Å². The van der Waals surface area contributed by atoms with E-state index in [9.17, 15) is 8.60 Å². The van der Waals surface area contributed by atoms with Crippen LogP contribution in [0.3, 0.4) is 0 Å². The number of aryl methyl sites for hydroxylation is 1. The molecule has 0 saturated carbocycles. The van der Waals surface area contributed by atoms with E-state index in [1.807, 2.05) is 19.2 Å². The molecule has 23 heavy (non-hydrogen) atoms. The van der Waals surface area contributed by atoms with Gasteiger partial charge in [-0.2, -0.15) is 0 Å². The summed E-state index contributed by atoms with van der Waals surface area (Å²) in [5.41, 5.74) is 4.25. The molecule has 1 unspecified atom stereocenters. The Balaban J connectivity index is 1.87. The molecule has 6 heteroatoms. The molecule has 1 aliphatic rings. The lowest BCUT2D eigenvalue weighted by molar-refractivity contribution is 0.629. The van der Waals surface area contributed by atoms with Crippen molar-refractivity contribution >= 4 is 27.2 Å². The molecule has 0 radical (unpaired) electrons. The molecule has 1 aromatic carbocycles. The van der Waals surface area contributed by atoms with Crippen LogP contribution in [0.25, 0.3) is 11.0 Å². The minimum absolute atomic E-state index is 0.00281. The van der Waals surface area contributed by atoms with Gasteiger partial charge in [-0.05, 0) is 49.6 Å². The average molecular weight is 327 g/mol. The van der Waals surface area contributed by atoms with Crippen LogP contribution in [-0.2, 0) is 11.3 Å². The fourth-order valence-corrected chi connectivity index (χ4v) is 3.60. The predicted octanol–water partition coefficient (Wildman–Crippen LogP) is 3.06. The molecule has 0 aliphatic heterocycles. The number of benzene rings is 1. The fraction of sp³-hybridized carbons (Fsp3) is 0.235. The SMILES string of the molecule is Cc1cnc2c(c1)C(=S=O)CCC2c1nc2ccc(F)cc2[nH]1. The first-order chi connectivity index (χ1) is 11.2. The van der Waals surface area contributed by atoms with Crippen molar-refractivity contribution in [2.24, 2.45) is 0 Å².